The highest BCUT2D eigenvalue weighted by Crippen LogP contribution is 2.31. The van der Waals surface area contributed by atoms with Crippen molar-refractivity contribution in [2.45, 2.75) is 26.3 Å². The van der Waals surface area contributed by atoms with Gasteiger partial charge in [-0.2, -0.15) is 0 Å². The Balaban J connectivity index is 1.62. The number of rotatable bonds is 3. The minimum atomic E-state index is -0.262. The molecule has 0 fully saturated rings. The van der Waals surface area contributed by atoms with Gasteiger partial charge in [0.25, 0.3) is 0 Å². The molecule has 0 saturated heterocycles. The van der Waals surface area contributed by atoms with E-state index in [2.05, 4.69) is 21.4 Å². The molecule has 0 bridgehead atoms. The number of urea groups is 1. The fourth-order valence-electron chi connectivity index (χ4n) is 3.53. The predicted octanol–water partition coefficient (Wildman–Crippen LogP) is 4.58. The highest BCUT2D eigenvalue weighted by atomic mass is 19.1. The van der Waals surface area contributed by atoms with Gasteiger partial charge in [-0.25, -0.2) is 14.2 Å². The van der Waals surface area contributed by atoms with Crippen molar-refractivity contribution < 1.29 is 9.18 Å². The van der Waals surface area contributed by atoms with Crippen LogP contribution in [-0.4, -0.2) is 40.0 Å². The smallest absolute Gasteiger partial charge is 0.317 e. The Bertz CT molecular complexity index is 1050. The molecule has 0 aliphatic carbocycles. The standard InChI is InChI=1S/C22H23FN4O/c1-14(2)26-22(28)27-8-6-15(7-9-27)20-13-25-21-19(20)11-17(12-24-21)16-4-3-5-18(23)10-16/h3-6,10-14H,7-9H2,1-2H3,(H,24,25)(H,26,28). The molecule has 2 aromatic heterocycles. The monoisotopic (exact) mass is 378 g/mol. The maximum atomic E-state index is 13.6. The molecule has 28 heavy (non-hydrogen) atoms. The van der Waals surface area contributed by atoms with Crippen molar-refractivity contribution in [1.82, 2.24) is 20.2 Å². The van der Waals surface area contributed by atoms with Crippen molar-refractivity contribution in [2.75, 3.05) is 13.1 Å². The summed E-state index contributed by atoms with van der Waals surface area (Å²) in [5.74, 6) is -0.262. The Morgan fingerprint density at radius 3 is 2.86 bits per heavy atom. The average molecular weight is 378 g/mol. The Labute approximate surface area is 163 Å². The van der Waals surface area contributed by atoms with E-state index >= 15 is 0 Å². The molecule has 3 aromatic rings. The first-order valence-corrected chi connectivity index (χ1v) is 9.49. The molecule has 0 unspecified atom stereocenters. The Morgan fingerprint density at radius 1 is 1.29 bits per heavy atom. The lowest BCUT2D eigenvalue weighted by Gasteiger charge is -2.27. The van der Waals surface area contributed by atoms with Crippen molar-refractivity contribution >= 4 is 22.6 Å². The number of amides is 2. The molecule has 1 aliphatic rings. The van der Waals surface area contributed by atoms with Gasteiger partial charge in [0.15, 0.2) is 0 Å². The number of H-pyrrole nitrogens is 1. The third-order valence-electron chi connectivity index (χ3n) is 4.94. The molecule has 144 valence electrons. The van der Waals surface area contributed by atoms with Gasteiger partial charge < -0.3 is 15.2 Å². The second kappa shape index (κ2) is 7.46. The maximum absolute atomic E-state index is 13.6. The van der Waals surface area contributed by atoms with Gasteiger partial charge in [0.1, 0.15) is 11.5 Å². The molecule has 0 saturated carbocycles. The van der Waals surface area contributed by atoms with Gasteiger partial charge >= 0.3 is 6.03 Å². The molecule has 4 rings (SSSR count). The van der Waals surface area contributed by atoms with E-state index < -0.39 is 0 Å². The zero-order valence-electron chi connectivity index (χ0n) is 16.0. The second-order valence-corrected chi connectivity index (χ2v) is 7.36. The van der Waals surface area contributed by atoms with Crippen LogP contribution in [0.2, 0.25) is 0 Å². The number of carbonyl (C=O) groups is 1. The molecule has 0 radical (unpaired) electrons. The first-order chi connectivity index (χ1) is 13.5. The van der Waals surface area contributed by atoms with Crippen LogP contribution in [0.3, 0.4) is 0 Å². The van der Waals surface area contributed by atoms with Crippen LogP contribution in [0.4, 0.5) is 9.18 Å². The van der Waals surface area contributed by atoms with Crippen LogP contribution in [0, 0.1) is 5.82 Å². The fraction of sp³-hybridized carbons (Fsp3) is 0.273. The summed E-state index contributed by atoms with van der Waals surface area (Å²) in [6, 6.07) is 8.67. The van der Waals surface area contributed by atoms with Crippen LogP contribution in [0.1, 0.15) is 25.8 Å². The molecule has 0 spiro atoms. The van der Waals surface area contributed by atoms with Gasteiger partial charge in [-0.3, -0.25) is 0 Å². The fourth-order valence-corrected chi connectivity index (χ4v) is 3.53. The molecule has 3 heterocycles. The van der Waals surface area contributed by atoms with E-state index in [0.29, 0.717) is 13.1 Å². The Morgan fingerprint density at radius 2 is 2.14 bits per heavy atom. The topological polar surface area (TPSA) is 61.0 Å². The third kappa shape index (κ3) is 3.63. The SMILES string of the molecule is CC(C)NC(=O)N1CC=C(c2c[nH]c3ncc(-c4cccc(F)c4)cc23)CC1. The molecule has 1 aromatic carbocycles. The van der Waals surface area contributed by atoms with Gasteiger partial charge in [0, 0.05) is 48.0 Å². The van der Waals surface area contributed by atoms with Crippen molar-refractivity contribution in [3.8, 4) is 11.1 Å². The van der Waals surface area contributed by atoms with Crippen molar-refractivity contribution in [2.24, 2.45) is 0 Å². The summed E-state index contributed by atoms with van der Waals surface area (Å²) in [7, 11) is 0. The van der Waals surface area contributed by atoms with Gasteiger partial charge in [-0.1, -0.05) is 18.2 Å². The minimum absolute atomic E-state index is 0.0284. The predicted molar refractivity (Wildman–Crippen MR) is 109 cm³/mol. The van der Waals surface area contributed by atoms with Crippen LogP contribution in [0.5, 0.6) is 0 Å². The number of carbonyl (C=O) groups excluding carboxylic acids is 1. The number of hydrogen-bond acceptors (Lipinski definition) is 2. The van der Waals surface area contributed by atoms with Crippen molar-refractivity contribution in [3.05, 3.63) is 60.2 Å². The lowest BCUT2D eigenvalue weighted by Crippen LogP contribution is -2.44. The summed E-state index contributed by atoms with van der Waals surface area (Å²) in [5.41, 5.74) is 4.76. The Hall–Kier alpha value is -3.15. The summed E-state index contributed by atoms with van der Waals surface area (Å²) < 4.78 is 13.6. The van der Waals surface area contributed by atoms with Crippen LogP contribution >= 0.6 is 0 Å². The van der Waals surface area contributed by atoms with E-state index in [0.717, 1.165) is 34.1 Å². The van der Waals surface area contributed by atoms with Gasteiger partial charge in [-0.15, -0.1) is 0 Å². The van der Waals surface area contributed by atoms with Crippen LogP contribution < -0.4 is 5.32 Å². The number of hydrogen-bond donors (Lipinski definition) is 2. The normalized spacial score (nSPS) is 14.4. The molecule has 0 atom stereocenters. The molecule has 6 heteroatoms. The Kier molecular flexibility index (Phi) is 4.86. The number of aromatic nitrogens is 2. The summed E-state index contributed by atoms with van der Waals surface area (Å²) in [5, 5.41) is 3.94. The molecule has 5 nitrogen and oxygen atoms in total. The lowest BCUT2D eigenvalue weighted by atomic mass is 9.98. The zero-order valence-corrected chi connectivity index (χ0v) is 16.0. The molecule has 2 amide bonds. The highest BCUT2D eigenvalue weighted by Gasteiger charge is 2.20. The third-order valence-corrected chi connectivity index (χ3v) is 4.94. The number of halogens is 1. The summed E-state index contributed by atoms with van der Waals surface area (Å²) in [6.07, 6.45) is 6.59. The minimum Gasteiger partial charge on any atom is -0.346 e. The van der Waals surface area contributed by atoms with E-state index in [9.17, 15) is 9.18 Å². The first kappa shape index (κ1) is 18.2. The number of nitrogens with zero attached hydrogens (tertiary/aromatic N) is 2. The average Bonchev–Trinajstić information content (AvgIpc) is 3.11. The number of benzene rings is 1. The van der Waals surface area contributed by atoms with E-state index in [1.807, 2.05) is 37.1 Å². The van der Waals surface area contributed by atoms with Gasteiger partial charge in [-0.05, 0) is 49.6 Å². The summed E-state index contributed by atoms with van der Waals surface area (Å²) in [6.45, 7) is 5.17. The molecule has 1 aliphatic heterocycles. The number of pyridine rings is 1. The summed E-state index contributed by atoms with van der Waals surface area (Å²) >= 11 is 0. The number of nitrogens with one attached hydrogen (secondary N) is 2. The quantitative estimate of drug-likeness (QED) is 0.701. The zero-order chi connectivity index (χ0) is 19.7. The van der Waals surface area contributed by atoms with Gasteiger partial charge in [0.2, 0.25) is 0 Å². The number of fused-ring (bicyclic) bond motifs is 1. The van der Waals surface area contributed by atoms with Crippen LogP contribution in [-0.2, 0) is 0 Å². The number of aromatic amines is 1. The van der Waals surface area contributed by atoms with Crippen LogP contribution in [0.25, 0.3) is 27.7 Å². The molecule has 2 N–H and O–H groups in total. The van der Waals surface area contributed by atoms with Crippen LogP contribution in [0.15, 0.2) is 48.8 Å². The van der Waals surface area contributed by atoms with E-state index in [-0.39, 0.29) is 17.9 Å². The van der Waals surface area contributed by atoms with Crippen molar-refractivity contribution in [1.29, 1.82) is 0 Å². The molecular formula is C22H23FN4O. The maximum Gasteiger partial charge on any atom is 0.317 e. The van der Waals surface area contributed by atoms with Crippen molar-refractivity contribution in [3.63, 3.8) is 0 Å². The van der Waals surface area contributed by atoms with E-state index in [1.165, 1.54) is 17.7 Å². The largest absolute Gasteiger partial charge is 0.346 e. The lowest BCUT2D eigenvalue weighted by molar-refractivity contribution is 0.200. The van der Waals surface area contributed by atoms with E-state index in [4.69, 9.17) is 0 Å². The summed E-state index contributed by atoms with van der Waals surface area (Å²) in [4.78, 5) is 21.7. The van der Waals surface area contributed by atoms with E-state index in [1.54, 1.807) is 12.3 Å². The second-order valence-electron chi connectivity index (χ2n) is 7.36. The highest BCUT2D eigenvalue weighted by molar-refractivity contribution is 5.93. The van der Waals surface area contributed by atoms with Gasteiger partial charge in [0.05, 0.1) is 0 Å². The first-order valence-electron chi connectivity index (χ1n) is 9.49. The molecular weight excluding hydrogens is 355 g/mol.